The van der Waals surface area contributed by atoms with Crippen molar-refractivity contribution in [3.05, 3.63) is 63.4 Å². The van der Waals surface area contributed by atoms with Gasteiger partial charge in [0.1, 0.15) is 12.3 Å². The van der Waals surface area contributed by atoms with Crippen molar-refractivity contribution >= 4 is 35.0 Å². The summed E-state index contributed by atoms with van der Waals surface area (Å²) < 4.78 is 10.4. The van der Waals surface area contributed by atoms with E-state index in [-0.39, 0.29) is 12.4 Å². The first kappa shape index (κ1) is 18.5. The molecule has 0 aliphatic carbocycles. The second-order valence-electron chi connectivity index (χ2n) is 5.64. The Morgan fingerprint density at radius 3 is 2.85 bits per heavy atom. The van der Waals surface area contributed by atoms with Crippen LogP contribution < -0.4 is 5.32 Å². The van der Waals surface area contributed by atoms with E-state index < -0.39 is 6.04 Å². The van der Waals surface area contributed by atoms with Gasteiger partial charge in [0.2, 0.25) is 0 Å². The van der Waals surface area contributed by atoms with E-state index in [2.05, 4.69) is 15.3 Å². The van der Waals surface area contributed by atoms with Crippen LogP contribution in [0.4, 0.5) is 0 Å². The Morgan fingerprint density at radius 2 is 2.19 bits per heavy atom. The highest BCUT2D eigenvalue weighted by molar-refractivity contribution is 6.35. The molecule has 2 heterocycles. The maximum absolute atomic E-state index is 12.1. The number of carbonyl (C=O) groups excluding carboxylic acids is 1. The minimum absolute atomic E-state index is 0.0959. The van der Waals surface area contributed by atoms with Crippen LogP contribution in [0.25, 0.3) is 0 Å². The zero-order chi connectivity index (χ0) is 18.7. The van der Waals surface area contributed by atoms with Crippen LogP contribution in [0, 0.1) is 0 Å². The molecule has 0 fully saturated rings. The van der Waals surface area contributed by atoms with E-state index in [4.69, 9.17) is 32.4 Å². The van der Waals surface area contributed by atoms with Gasteiger partial charge in [-0.05, 0) is 37.1 Å². The maximum atomic E-state index is 12.1. The number of esters is 1. The summed E-state index contributed by atoms with van der Waals surface area (Å²) in [6, 6.07) is 4.71. The molecule has 6 nitrogen and oxygen atoms in total. The summed E-state index contributed by atoms with van der Waals surface area (Å²) in [7, 11) is 0. The van der Waals surface area contributed by atoms with Gasteiger partial charge >= 0.3 is 5.97 Å². The predicted octanol–water partition coefficient (Wildman–Crippen LogP) is 4.30. The number of aromatic nitrogens is 1. The number of hydrogen-bond donors (Lipinski definition) is 1. The molecule has 2 aromatic rings. The SMILES string of the molecule is CCOC(=O)CC1=C(C)NC(c2ncco2)=NC1c1ccc(Cl)cc1Cl. The zero-order valence-corrected chi connectivity index (χ0v) is 15.8. The van der Waals surface area contributed by atoms with Crippen LogP contribution in [0.3, 0.4) is 0 Å². The lowest BCUT2D eigenvalue weighted by molar-refractivity contribution is -0.142. The summed E-state index contributed by atoms with van der Waals surface area (Å²) >= 11 is 12.4. The molecule has 0 spiro atoms. The van der Waals surface area contributed by atoms with Gasteiger partial charge < -0.3 is 14.5 Å². The fourth-order valence-electron chi connectivity index (χ4n) is 2.73. The molecule has 1 unspecified atom stereocenters. The number of nitrogens with one attached hydrogen (secondary N) is 1. The Morgan fingerprint density at radius 1 is 1.38 bits per heavy atom. The van der Waals surface area contributed by atoms with Crippen molar-refractivity contribution in [2.24, 2.45) is 4.99 Å². The minimum atomic E-state index is -0.479. The Balaban J connectivity index is 2.04. The normalized spacial score (nSPS) is 16.9. The second-order valence-corrected chi connectivity index (χ2v) is 6.48. The molecule has 1 atom stereocenters. The Kier molecular flexibility index (Phi) is 5.64. The summed E-state index contributed by atoms with van der Waals surface area (Å²) in [5.74, 6) is 0.499. The molecule has 0 radical (unpaired) electrons. The number of benzene rings is 1. The van der Waals surface area contributed by atoms with Crippen molar-refractivity contribution in [1.29, 1.82) is 0 Å². The van der Waals surface area contributed by atoms with E-state index in [0.717, 1.165) is 16.8 Å². The van der Waals surface area contributed by atoms with E-state index in [1.165, 1.54) is 12.5 Å². The first-order valence-electron chi connectivity index (χ1n) is 8.04. The molecule has 26 heavy (non-hydrogen) atoms. The quantitative estimate of drug-likeness (QED) is 0.766. The number of halogens is 2. The molecular formula is C18H17Cl2N3O3. The molecule has 0 saturated heterocycles. The van der Waals surface area contributed by atoms with Crippen molar-refractivity contribution in [3.8, 4) is 0 Å². The smallest absolute Gasteiger partial charge is 0.310 e. The molecule has 8 heteroatoms. The third-order valence-corrected chi connectivity index (χ3v) is 4.47. The van der Waals surface area contributed by atoms with Gasteiger partial charge in [-0.3, -0.25) is 9.79 Å². The van der Waals surface area contributed by atoms with Crippen molar-refractivity contribution in [2.75, 3.05) is 6.61 Å². The Bertz CT molecular complexity index is 876. The van der Waals surface area contributed by atoms with Gasteiger partial charge in [-0.15, -0.1) is 0 Å². The Hall–Kier alpha value is -2.31. The average Bonchev–Trinajstić information content (AvgIpc) is 3.11. The molecule has 1 N–H and O–H groups in total. The van der Waals surface area contributed by atoms with Gasteiger partial charge in [0.05, 0.1) is 19.2 Å². The van der Waals surface area contributed by atoms with E-state index >= 15 is 0 Å². The molecule has 136 valence electrons. The highest BCUT2D eigenvalue weighted by atomic mass is 35.5. The highest BCUT2D eigenvalue weighted by Crippen LogP contribution is 2.37. The van der Waals surface area contributed by atoms with Crippen LogP contribution in [-0.2, 0) is 9.53 Å². The van der Waals surface area contributed by atoms with Gasteiger partial charge in [0.15, 0.2) is 5.84 Å². The number of aliphatic imine (C=N–C) groups is 1. The number of nitrogens with zero attached hydrogens (tertiary/aromatic N) is 2. The number of carbonyl (C=O) groups is 1. The summed E-state index contributed by atoms with van der Waals surface area (Å²) in [6.45, 7) is 3.95. The molecule has 1 aromatic heterocycles. The van der Waals surface area contributed by atoms with Crippen LogP contribution in [0.5, 0.6) is 0 Å². The molecular weight excluding hydrogens is 377 g/mol. The first-order valence-corrected chi connectivity index (χ1v) is 8.80. The standard InChI is InChI=1S/C18H17Cl2N3O3/c1-3-25-15(24)9-13-10(2)22-17(18-21-6-7-26-18)23-16(13)12-5-4-11(19)8-14(12)20/h4-8,16H,3,9H2,1-2H3,(H,22,23). The first-order chi connectivity index (χ1) is 12.5. The van der Waals surface area contributed by atoms with Crippen LogP contribution in [-0.4, -0.2) is 23.4 Å². The predicted molar refractivity (Wildman–Crippen MR) is 99.3 cm³/mol. The molecule has 1 aliphatic heterocycles. The summed E-state index contributed by atoms with van der Waals surface area (Å²) in [5, 5.41) is 4.14. The average molecular weight is 394 g/mol. The maximum Gasteiger partial charge on any atom is 0.310 e. The Labute approximate surface area is 160 Å². The van der Waals surface area contributed by atoms with Crippen LogP contribution >= 0.6 is 23.2 Å². The van der Waals surface area contributed by atoms with Gasteiger partial charge in [0.25, 0.3) is 5.89 Å². The molecule has 3 rings (SSSR count). The topological polar surface area (TPSA) is 76.7 Å². The lowest BCUT2D eigenvalue weighted by atomic mass is 9.93. The number of allylic oxidation sites excluding steroid dienone is 1. The minimum Gasteiger partial charge on any atom is -0.466 e. The zero-order valence-electron chi connectivity index (χ0n) is 14.3. The number of hydrogen-bond acceptors (Lipinski definition) is 6. The van der Waals surface area contributed by atoms with Gasteiger partial charge in [-0.1, -0.05) is 29.3 Å². The van der Waals surface area contributed by atoms with Crippen LogP contribution in [0.15, 0.2) is 51.3 Å². The fraction of sp³-hybridized carbons (Fsp3) is 0.278. The lowest BCUT2D eigenvalue weighted by Crippen LogP contribution is -2.31. The third-order valence-electron chi connectivity index (χ3n) is 3.91. The number of amidine groups is 1. The van der Waals surface area contributed by atoms with Crippen molar-refractivity contribution < 1.29 is 13.9 Å². The van der Waals surface area contributed by atoms with Gasteiger partial charge in [0, 0.05) is 15.7 Å². The van der Waals surface area contributed by atoms with Crippen molar-refractivity contribution in [1.82, 2.24) is 10.3 Å². The molecule has 0 bridgehead atoms. The molecule has 1 aromatic carbocycles. The summed E-state index contributed by atoms with van der Waals surface area (Å²) in [6.07, 6.45) is 3.10. The third kappa shape index (κ3) is 3.92. The van der Waals surface area contributed by atoms with Gasteiger partial charge in [-0.2, -0.15) is 0 Å². The summed E-state index contributed by atoms with van der Waals surface area (Å²) in [5.41, 5.74) is 2.28. The van der Waals surface area contributed by atoms with Crippen molar-refractivity contribution in [2.45, 2.75) is 26.3 Å². The monoisotopic (exact) mass is 393 g/mol. The lowest BCUT2D eigenvalue weighted by Gasteiger charge is -2.26. The number of ether oxygens (including phenoxy) is 1. The molecule has 1 aliphatic rings. The highest BCUT2D eigenvalue weighted by Gasteiger charge is 2.29. The number of oxazole rings is 1. The number of rotatable bonds is 5. The van der Waals surface area contributed by atoms with Gasteiger partial charge in [-0.25, -0.2) is 4.98 Å². The molecule has 0 saturated carbocycles. The van der Waals surface area contributed by atoms with E-state index in [0.29, 0.717) is 28.4 Å². The fourth-order valence-corrected chi connectivity index (χ4v) is 3.24. The summed E-state index contributed by atoms with van der Waals surface area (Å²) in [4.78, 5) is 20.9. The van der Waals surface area contributed by atoms with Crippen LogP contribution in [0.1, 0.15) is 37.8 Å². The van der Waals surface area contributed by atoms with E-state index in [9.17, 15) is 4.79 Å². The van der Waals surface area contributed by atoms with Crippen molar-refractivity contribution in [3.63, 3.8) is 0 Å². The second kappa shape index (κ2) is 7.93. The largest absolute Gasteiger partial charge is 0.466 e. The van der Waals surface area contributed by atoms with E-state index in [1.54, 1.807) is 25.1 Å². The van der Waals surface area contributed by atoms with E-state index in [1.807, 2.05) is 6.92 Å². The molecule has 0 amide bonds. The van der Waals surface area contributed by atoms with Crippen LogP contribution in [0.2, 0.25) is 10.0 Å².